The highest BCUT2D eigenvalue weighted by molar-refractivity contribution is 5.78. The van der Waals surface area contributed by atoms with Gasteiger partial charge in [-0.15, -0.1) is 0 Å². The fraction of sp³-hybridized carbons (Fsp3) is 0.435. The topological polar surface area (TPSA) is 38.3 Å². The lowest BCUT2D eigenvalue weighted by molar-refractivity contribution is -0.124. The third kappa shape index (κ3) is 6.21. The maximum atomic E-state index is 12.4. The number of carbonyl (C=O) groups excluding carboxylic acids is 1. The Labute approximate surface area is 157 Å². The first kappa shape index (κ1) is 20.0. The largest absolute Gasteiger partial charge is 0.484 e. The first-order valence-electron chi connectivity index (χ1n) is 9.33. The van der Waals surface area contributed by atoms with Crippen molar-refractivity contribution in [2.24, 2.45) is 5.92 Å². The van der Waals surface area contributed by atoms with E-state index in [1.54, 1.807) is 0 Å². The van der Waals surface area contributed by atoms with Crippen LogP contribution in [0.15, 0.2) is 54.6 Å². The molecule has 0 aliphatic carbocycles. The maximum Gasteiger partial charge on any atom is 0.258 e. The van der Waals surface area contributed by atoms with Crippen LogP contribution < -0.4 is 10.1 Å². The molecule has 0 bridgehead atoms. The van der Waals surface area contributed by atoms with Crippen molar-refractivity contribution >= 4 is 5.91 Å². The molecule has 1 atom stereocenters. The Morgan fingerprint density at radius 1 is 1.00 bits per heavy atom. The van der Waals surface area contributed by atoms with Crippen molar-refractivity contribution in [2.45, 2.75) is 52.5 Å². The monoisotopic (exact) mass is 353 g/mol. The van der Waals surface area contributed by atoms with E-state index < -0.39 is 0 Å². The van der Waals surface area contributed by atoms with Crippen molar-refractivity contribution in [3.8, 4) is 5.75 Å². The molecule has 0 aromatic heterocycles. The summed E-state index contributed by atoms with van der Waals surface area (Å²) < 4.78 is 5.67. The molecule has 0 unspecified atom stereocenters. The molecule has 1 N–H and O–H groups in total. The van der Waals surface area contributed by atoms with E-state index >= 15 is 0 Å². The highest BCUT2D eigenvalue weighted by atomic mass is 16.5. The number of benzene rings is 2. The molecule has 0 aliphatic heterocycles. The number of amides is 1. The Hall–Kier alpha value is -2.29. The molecule has 0 radical (unpaired) electrons. The van der Waals surface area contributed by atoms with Gasteiger partial charge in [-0.1, -0.05) is 77.1 Å². The zero-order valence-electron chi connectivity index (χ0n) is 16.6. The van der Waals surface area contributed by atoms with Gasteiger partial charge in [0, 0.05) is 0 Å². The van der Waals surface area contributed by atoms with Gasteiger partial charge in [-0.3, -0.25) is 4.79 Å². The van der Waals surface area contributed by atoms with E-state index in [-0.39, 0.29) is 24.0 Å². The van der Waals surface area contributed by atoms with Gasteiger partial charge in [0.25, 0.3) is 5.91 Å². The summed E-state index contributed by atoms with van der Waals surface area (Å²) >= 11 is 0. The SMILES string of the molecule is CC(C)C[C@H](NC(=O)COc1ccc(C(C)(C)C)cc1)c1ccccc1. The van der Waals surface area contributed by atoms with Crippen LogP contribution in [0.2, 0.25) is 0 Å². The van der Waals surface area contributed by atoms with Gasteiger partial charge in [0.15, 0.2) is 6.61 Å². The predicted octanol–water partition coefficient (Wildman–Crippen LogP) is 5.27. The van der Waals surface area contributed by atoms with Crippen LogP contribution >= 0.6 is 0 Å². The lowest BCUT2D eigenvalue weighted by Gasteiger charge is -2.21. The Kier molecular flexibility index (Phi) is 6.84. The molecule has 2 aromatic carbocycles. The van der Waals surface area contributed by atoms with Gasteiger partial charge in [-0.05, 0) is 41.0 Å². The molecule has 2 aromatic rings. The quantitative estimate of drug-likeness (QED) is 0.737. The summed E-state index contributed by atoms with van der Waals surface area (Å²) in [4.78, 5) is 12.4. The summed E-state index contributed by atoms with van der Waals surface area (Å²) in [5, 5.41) is 3.11. The van der Waals surface area contributed by atoms with E-state index in [1.807, 2.05) is 30.3 Å². The van der Waals surface area contributed by atoms with E-state index in [4.69, 9.17) is 4.74 Å². The molecule has 0 fully saturated rings. The van der Waals surface area contributed by atoms with Crippen molar-refractivity contribution in [2.75, 3.05) is 6.61 Å². The molecule has 0 heterocycles. The van der Waals surface area contributed by atoms with Crippen molar-refractivity contribution in [1.29, 1.82) is 0 Å². The van der Waals surface area contributed by atoms with Gasteiger partial charge in [0.2, 0.25) is 0 Å². The highest BCUT2D eigenvalue weighted by Gasteiger charge is 2.17. The zero-order chi connectivity index (χ0) is 19.2. The first-order chi connectivity index (χ1) is 12.3. The minimum atomic E-state index is -0.0978. The fourth-order valence-corrected chi connectivity index (χ4v) is 2.87. The Bertz CT molecular complexity index is 684. The molecule has 2 rings (SSSR count). The Morgan fingerprint density at radius 2 is 1.62 bits per heavy atom. The normalized spacial score (nSPS) is 12.7. The van der Waals surface area contributed by atoms with Crippen LogP contribution in [0.1, 0.15) is 58.2 Å². The molecule has 1 amide bonds. The smallest absolute Gasteiger partial charge is 0.258 e. The number of ether oxygens (including phenoxy) is 1. The summed E-state index contributed by atoms with van der Waals surface area (Å²) in [7, 11) is 0. The van der Waals surface area contributed by atoms with Crippen molar-refractivity contribution in [3.05, 3.63) is 65.7 Å². The first-order valence-corrected chi connectivity index (χ1v) is 9.33. The second kappa shape index (κ2) is 8.88. The lowest BCUT2D eigenvalue weighted by Crippen LogP contribution is -2.33. The zero-order valence-corrected chi connectivity index (χ0v) is 16.6. The molecule has 0 spiro atoms. The summed E-state index contributed by atoms with van der Waals surface area (Å²) in [5.41, 5.74) is 2.48. The number of carbonyl (C=O) groups is 1. The van der Waals surface area contributed by atoms with Crippen LogP contribution in [0.5, 0.6) is 5.75 Å². The van der Waals surface area contributed by atoms with E-state index in [9.17, 15) is 4.79 Å². The van der Waals surface area contributed by atoms with E-state index in [0.717, 1.165) is 12.0 Å². The highest BCUT2D eigenvalue weighted by Crippen LogP contribution is 2.24. The van der Waals surface area contributed by atoms with E-state index in [1.165, 1.54) is 5.56 Å². The standard InChI is InChI=1S/C23H31NO2/c1-17(2)15-21(18-9-7-6-8-10-18)24-22(25)16-26-20-13-11-19(12-14-20)23(3,4)5/h6-14,17,21H,15-16H2,1-5H3,(H,24,25)/t21-/m0/s1. The summed E-state index contributed by atoms with van der Waals surface area (Å²) in [5.74, 6) is 1.11. The van der Waals surface area contributed by atoms with Gasteiger partial charge in [-0.25, -0.2) is 0 Å². The molecular weight excluding hydrogens is 322 g/mol. The Morgan fingerprint density at radius 3 is 2.15 bits per heavy atom. The second-order valence-corrected chi connectivity index (χ2v) is 8.22. The molecule has 3 heteroatoms. The van der Waals surface area contributed by atoms with Crippen LogP contribution in [0, 0.1) is 5.92 Å². The van der Waals surface area contributed by atoms with Crippen LogP contribution in [-0.4, -0.2) is 12.5 Å². The van der Waals surface area contributed by atoms with Crippen LogP contribution in [-0.2, 0) is 10.2 Å². The average molecular weight is 354 g/mol. The van der Waals surface area contributed by atoms with Crippen LogP contribution in [0.25, 0.3) is 0 Å². The van der Waals surface area contributed by atoms with Gasteiger partial charge in [-0.2, -0.15) is 0 Å². The lowest BCUT2D eigenvalue weighted by atomic mass is 9.87. The summed E-state index contributed by atoms with van der Waals surface area (Å²) in [6.07, 6.45) is 0.899. The van der Waals surface area contributed by atoms with Gasteiger partial charge >= 0.3 is 0 Å². The number of rotatable bonds is 7. The molecule has 0 saturated heterocycles. The third-order valence-electron chi connectivity index (χ3n) is 4.33. The molecule has 0 saturated carbocycles. The van der Waals surface area contributed by atoms with Crippen LogP contribution in [0.3, 0.4) is 0 Å². The molecule has 3 nitrogen and oxygen atoms in total. The summed E-state index contributed by atoms with van der Waals surface area (Å²) in [6.45, 7) is 10.9. The number of nitrogens with one attached hydrogen (secondary N) is 1. The van der Waals surface area contributed by atoms with Gasteiger partial charge in [0.05, 0.1) is 6.04 Å². The van der Waals surface area contributed by atoms with Crippen LogP contribution in [0.4, 0.5) is 0 Å². The second-order valence-electron chi connectivity index (χ2n) is 8.22. The molecule has 26 heavy (non-hydrogen) atoms. The maximum absolute atomic E-state index is 12.4. The minimum absolute atomic E-state index is 0.00978. The average Bonchev–Trinajstić information content (AvgIpc) is 2.59. The number of hydrogen-bond acceptors (Lipinski definition) is 2. The molecular formula is C23H31NO2. The van der Waals surface area contributed by atoms with Gasteiger partial charge in [0.1, 0.15) is 5.75 Å². The molecule has 140 valence electrons. The van der Waals surface area contributed by atoms with E-state index in [2.05, 4.69) is 64.2 Å². The minimum Gasteiger partial charge on any atom is -0.484 e. The fourth-order valence-electron chi connectivity index (χ4n) is 2.87. The molecule has 0 aliphatic rings. The van der Waals surface area contributed by atoms with Crippen molar-refractivity contribution < 1.29 is 9.53 Å². The third-order valence-corrected chi connectivity index (χ3v) is 4.33. The Balaban J connectivity index is 1.93. The summed E-state index contributed by atoms with van der Waals surface area (Å²) in [6, 6.07) is 18.1. The predicted molar refractivity (Wildman–Crippen MR) is 107 cm³/mol. The van der Waals surface area contributed by atoms with Crippen molar-refractivity contribution in [3.63, 3.8) is 0 Å². The van der Waals surface area contributed by atoms with Crippen molar-refractivity contribution in [1.82, 2.24) is 5.32 Å². The van der Waals surface area contributed by atoms with Gasteiger partial charge < -0.3 is 10.1 Å². The number of hydrogen-bond donors (Lipinski definition) is 1. The van der Waals surface area contributed by atoms with E-state index in [0.29, 0.717) is 11.7 Å².